The molecule has 1 saturated heterocycles. The van der Waals surface area contributed by atoms with E-state index in [1.807, 2.05) is 18.2 Å². The molecule has 0 aliphatic carbocycles. The van der Waals surface area contributed by atoms with E-state index < -0.39 is 9.84 Å². The monoisotopic (exact) mass is 513 g/mol. The summed E-state index contributed by atoms with van der Waals surface area (Å²) in [4.78, 5) is 39.0. The van der Waals surface area contributed by atoms with E-state index in [0.717, 1.165) is 16.7 Å². The highest BCUT2D eigenvalue weighted by atomic mass is 32.2. The minimum atomic E-state index is -3.33. The maximum atomic E-state index is 13.1. The fraction of sp³-hybridized carbons (Fsp3) is 0.333. The zero-order valence-electron chi connectivity index (χ0n) is 19.6. The first-order chi connectivity index (χ1) is 16.7. The van der Waals surface area contributed by atoms with Gasteiger partial charge in [0.05, 0.1) is 16.3 Å². The Hall–Kier alpha value is -3.31. The summed E-state index contributed by atoms with van der Waals surface area (Å²) in [5, 5.41) is 3.09. The van der Waals surface area contributed by atoms with Crippen LogP contribution in [-0.2, 0) is 21.2 Å². The number of nitrogens with zero attached hydrogens (tertiary/aromatic N) is 4. The number of aliphatic imine (C=N–C) groups is 2. The van der Waals surface area contributed by atoms with E-state index in [0.29, 0.717) is 55.7 Å². The molecule has 0 bridgehead atoms. The number of hydrogen-bond donors (Lipinski definition) is 1. The summed E-state index contributed by atoms with van der Waals surface area (Å²) >= 11 is 1.43. The highest BCUT2D eigenvalue weighted by Crippen LogP contribution is 2.27. The Kier molecular flexibility index (Phi) is 7.46. The molecule has 0 saturated carbocycles. The lowest BCUT2D eigenvalue weighted by Gasteiger charge is -2.33. The van der Waals surface area contributed by atoms with Crippen molar-refractivity contribution in [3.8, 4) is 0 Å². The fourth-order valence-corrected chi connectivity index (χ4v) is 5.51. The molecule has 0 unspecified atom stereocenters. The number of piperazine rings is 1. The Morgan fingerprint density at radius 1 is 1.09 bits per heavy atom. The average Bonchev–Trinajstić information content (AvgIpc) is 3.24. The lowest BCUT2D eigenvalue weighted by molar-refractivity contribution is -0.130. The van der Waals surface area contributed by atoms with Crippen LogP contribution in [-0.4, -0.2) is 74.6 Å². The van der Waals surface area contributed by atoms with Crippen molar-refractivity contribution in [2.24, 2.45) is 9.98 Å². The number of allylic oxidation sites excluding steroid dienone is 1. The Morgan fingerprint density at radius 3 is 2.54 bits per heavy atom. The van der Waals surface area contributed by atoms with Gasteiger partial charge >= 0.3 is 0 Å². The molecule has 2 aliphatic heterocycles. The van der Waals surface area contributed by atoms with Crippen molar-refractivity contribution in [1.82, 2.24) is 9.80 Å². The Bertz CT molecular complexity index is 1320. The molecule has 1 N–H and O–H groups in total. The zero-order valence-corrected chi connectivity index (χ0v) is 21.2. The second kappa shape index (κ2) is 10.5. The fourth-order valence-electron chi connectivity index (χ4n) is 3.77. The normalized spacial score (nSPS) is 19.8. The lowest BCUT2D eigenvalue weighted by atomic mass is 10.2. The second-order valence-electron chi connectivity index (χ2n) is 8.31. The summed E-state index contributed by atoms with van der Waals surface area (Å²) in [5.74, 6) is 0.350. The van der Waals surface area contributed by atoms with Gasteiger partial charge in [-0.05, 0) is 35.9 Å². The lowest BCUT2D eigenvalue weighted by Crippen LogP contribution is -2.49. The quantitative estimate of drug-likeness (QED) is 0.678. The number of amides is 2. The van der Waals surface area contributed by atoms with Crippen LogP contribution in [0.1, 0.15) is 33.5 Å². The van der Waals surface area contributed by atoms with Gasteiger partial charge in [0.15, 0.2) is 9.84 Å². The predicted octanol–water partition coefficient (Wildman–Crippen LogP) is 2.91. The van der Waals surface area contributed by atoms with Crippen molar-refractivity contribution in [3.63, 3.8) is 0 Å². The molecule has 2 amide bonds. The maximum absolute atomic E-state index is 13.1. The summed E-state index contributed by atoms with van der Waals surface area (Å²) in [6.45, 7) is 3.98. The van der Waals surface area contributed by atoms with Crippen LogP contribution in [0.3, 0.4) is 0 Å². The number of guanidine groups is 1. The molecule has 9 nitrogen and oxygen atoms in total. The summed E-state index contributed by atoms with van der Waals surface area (Å²) in [7, 11) is -3.33. The molecular formula is C24H27N5O4S2. The SMILES string of the molecule is CC(=O)N1CCN(C(=O)c2cc3c(s2)/C=C\C/C=N\C(Nc2cccc(S(C)(=O)=O)c2)=N/C3)CC1. The van der Waals surface area contributed by atoms with Crippen molar-refractivity contribution < 1.29 is 18.0 Å². The molecule has 0 spiro atoms. The molecule has 35 heavy (non-hydrogen) atoms. The number of carbonyl (C=O) groups excluding carboxylic acids is 2. The summed E-state index contributed by atoms with van der Waals surface area (Å²) in [6.07, 6.45) is 7.43. The Balaban J connectivity index is 1.52. The first-order valence-corrected chi connectivity index (χ1v) is 13.9. The van der Waals surface area contributed by atoms with Gasteiger partial charge in [0, 0.05) is 62.6 Å². The van der Waals surface area contributed by atoms with E-state index in [-0.39, 0.29) is 16.7 Å². The van der Waals surface area contributed by atoms with Crippen LogP contribution in [0.4, 0.5) is 5.69 Å². The molecule has 0 radical (unpaired) electrons. The number of thiophene rings is 1. The molecule has 4 rings (SSSR count). The van der Waals surface area contributed by atoms with Gasteiger partial charge < -0.3 is 15.1 Å². The topological polar surface area (TPSA) is 112 Å². The molecule has 2 aromatic rings. The molecule has 1 fully saturated rings. The van der Waals surface area contributed by atoms with Gasteiger partial charge in [-0.1, -0.05) is 12.1 Å². The van der Waals surface area contributed by atoms with E-state index in [9.17, 15) is 18.0 Å². The zero-order chi connectivity index (χ0) is 25.0. The third-order valence-corrected chi connectivity index (χ3v) is 7.95. The molecule has 1 aromatic carbocycles. The highest BCUT2D eigenvalue weighted by molar-refractivity contribution is 7.90. The van der Waals surface area contributed by atoms with Crippen LogP contribution in [0, 0.1) is 0 Å². The van der Waals surface area contributed by atoms with Crippen LogP contribution in [0.2, 0.25) is 0 Å². The van der Waals surface area contributed by atoms with Gasteiger partial charge in [0.1, 0.15) is 0 Å². The first kappa shape index (κ1) is 24.8. The Morgan fingerprint density at radius 2 is 1.83 bits per heavy atom. The van der Waals surface area contributed by atoms with Crippen LogP contribution < -0.4 is 5.32 Å². The second-order valence-corrected chi connectivity index (χ2v) is 11.4. The van der Waals surface area contributed by atoms with E-state index in [1.165, 1.54) is 11.3 Å². The maximum Gasteiger partial charge on any atom is 0.264 e. The molecule has 2 aliphatic rings. The molecule has 0 atom stereocenters. The molecular weight excluding hydrogens is 486 g/mol. The first-order valence-electron chi connectivity index (χ1n) is 11.2. The smallest absolute Gasteiger partial charge is 0.264 e. The number of fused-ring (bicyclic) bond motifs is 1. The van der Waals surface area contributed by atoms with E-state index in [4.69, 9.17) is 0 Å². The molecule has 11 heteroatoms. The number of carbonyl (C=O) groups is 2. The number of benzene rings is 1. The minimum absolute atomic E-state index is 0.0287. The number of sulfone groups is 1. The standard InChI is InChI=1S/C24H27N5O4S2/c1-17(30)28-10-12-29(13-11-28)23(31)22-14-18-16-26-24(25-9-4-3-8-21(18)34-22)27-19-6-5-7-20(15-19)35(2,32)33/h3,5-9,14-15H,4,10-13,16H2,1-2H3,(H,26,27)/b8-3-,25-9-. The van der Waals surface area contributed by atoms with Crippen molar-refractivity contribution in [2.45, 2.75) is 24.8 Å². The predicted molar refractivity (Wildman–Crippen MR) is 139 cm³/mol. The highest BCUT2D eigenvalue weighted by Gasteiger charge is 2.25. The molecule has 1 aromatic heterocycles. The number of rotatable bonds is 3. The van der Waals surface area contributed by atoms with Gasteiger partial charge in [0.25, 0.3) is 5.91 Å². The summed E-state index contributed by atoms with van der Waals surface area (Å²) in [5.41, 5.74) is 1.49. The average molecular weight is 514 g/mol. The van der Waals surface area contributed by atoms with Crippen LogP contribution in [0.25, 0.3) is 6.08 Å². The van der Waals surface area contributed by atoms with E-state index >= 15 is 0 Å². The summed E-state index contributed by atoms with van der Waals surface area (Å²) in [6, 6.07) is 8.38. The van der Waals surface area contributed by atoms with Gasteiger partial charge in [-0.2, -0.15) is 0 Å². The Labute approximate surface area is 208 Å². The number of hydrogen-bond acceptors (Lipinski definition) is 8. The minimum Gasteiger partial charge on any atom is -0.339 e. The van der Waals surface area contributed by atoms with Gasteiger partial charge in [-0.25, -0.2) is 18.4 Å². The molecule has 3 heterocycles. The summed E-state index contributed by atoms with van der Waals surface area (Å²) < 4.78 is 23.7. The van der Waals surface area contributed by atoms with Crippen molar-refractivity contribution in [3.05, 3.63) is 51.7 Å². The van der Waals surface area contributed by atoms with Gasteiger partial charge in [-0.15, -0.1) is 11.3 Å². The number of anilines is 1. The van der Waals surface area contributed by atoms with Crippen molar-refractivity contribution in [2.75, 3.05) is 37.8 Å². The third kappa shape index (κ3) is 6.23. The van der Waals surface area contributed by atoms with Gasteiger partial charge in [-0.3, -0.25) is 9.59 Å². The van der Waals surface area contributed by atoms with E-state index in [2.05, 4.69) is 15.3 Å². The van der Waals surface area contributed by atoms with Gasteiger partial charge in [0.2, 0.25) is 11.9 Å². The van der Waals surface area contributed by atoms with Crippen molar-refractivity contribution in [1.29, 1.82) is 0 Å². The van der Waals surface area contributed by atoms with Crippen LogP contribution >= 0.6 is 11.3 Å². The third-order valence-electron chi connectivity index (χ3n) is 5.71. The van der Waals surface area contributed by atoms with E-state index in [1.54, 1.807) is 47.2 Å². The van der Waals surface area contributed by atoms with Crippen molar-refractivity contribution >= 4 is 56.9 Å². The molecule has 184 valence electrons. The van der Waals surface area contributed by atoms with Crippen LogP contribution in [0.5, 0.6) is 0 Å². The van der Waals surface area contributed by atoms with Crippen LogP contribution in [0.15, 0.2) is 51.3 Å². The number of nitrogens with one attached hydrogen (secondary N) is 1. The largest absolute Gasteiger partial charge is 0.339 e.